The number of quaternary nitrogens is 1. The summed E-state index contributed by atoms with van der Waals surface area (Å²) in [5.74, 6) is 0. The molecule has 0 aliphatic rings. The van der Waals surface area contributed by atoms with Gasteiger partial charge in [0.2, 0.25) is 0 Å². The molecule has 0 saturated carbocycles. The Hall–Kier alpha value is -0.0700. The van der Waals surface area contributed by atoms with E-state index in [-0.39, 0.29) is 0 Å². The highest BCUT2D eigenvalue weighted by Crippen LogP contribution is 2.45. The van der Waals surface area contributed by atoms with E-state index in [1.54, 1.807) is 10.8 Å². The van der Waals surface area contributed by atoms with E-state index in [4.69, 9.17) is 33.1 Å². The molecular weight excluding hydrogens is 337 g/mol. The predicted molar refractivity (Wildman–Crippen MR) is 87.9 cm³/mol. The van der Waals surface area contributed by atoms with Crippen LogP contribution in [0.5, 0.6) is 0 Å². The molecular formula is C13H19Cl2NO2S2. The van der Waals surface area contributed by atoms with E-state index >= 15 is 0 Å². The summed E-state index contributed by atoms with van der Waals surface area (Å²) in [6, 6.07) is 5.64. The summed E-state index contributed by atoms with van der Waals surface area (Å²) in [5, 5.41) is 9.72. The molecule has 1 aromatic rings. The van der Waals surface area contributed by atoms with Crippen molar-refractivity contribution in [2.24, 2.45) is 0 Å². The topological polar surface area (TPSA) is 40.1 Å². The Morgan fingerprint density at radius 2 is 1.55 bits per heavy atom. The standard InChI is InChI=1S/C12H18Cl2NS2.CH2O2/c1-4-15(5-2,6-3)17-16-12-10(13)8-7-9-11(12)14;2-1-3/h7-9H,4-6H2,1-3H3;1H,(H,2,3)/q+1;/p-1. The van der Waals surface area contributed by atoms with Gasteiger partial charge in [0.1, 0.15) is 0 Å². The minimum absolute atomic E-state index is 0.500. The van der Waals surface area contributed by atoms with Crippen LogP contribution in [0.15, 0.2) is 23.1 Å². The zero-order valence-corrected chi connectivity index (χ0v) is 14.9. The molecule has 0 amide bonds. The zero-order valence-electron chi connectivity index (χ0n) is 11.8. The summed E-state index contributed by atoms with van der Waals surface area (Å²) in [4.78, 5) is 9.22. The van der Waals surface area contributed by atoms with Crippen molar-refractivity contribution in [2.75, 3.05) is 19.6 Å². The maximum atomic E-state index is 8.25. The van der Waals surface area contributed by atoms with Crippen LogP contribution in [0.25, 0.3) is 0 Å². The monoisotopic (exact) mass is 355 g/mol. The van der Waals surface area contributed by atoms with E-state index in [9.17, 15) is 0 Å². The molecule has 3 nitrogen and oxygen atoms in total. The first kappa shape index (κ1) is 19.9. The summed E-state index contributed by atoms with van der Waals surface area (Å²) < 4.78 is 1.01. The van der Waals surface area contributed by atoms with Gasteiger partial charge in [-0.2, -0.15) is 0 Å². The molecule has 20 heavy (non-hydrogen) atoms. The Kier molecular flexibility index (Phi) is 10.6. The third kappa shape index (κ3) is 6.14. The Morgan fingerprint density at radius 3 is 1.90 bits per heavy atom. The molecule has 0 spiro atoms. The Bertz CT molecular complexity index is 387. The third-order valence-electron chi connectivity index (χ3n) is 2.93. The summed E-state index contributed by atoms with van der Waals surface area (Å²) in [6.07, 6.45) is 0. The minimum Gasteiger partial charge on any atom is -0.554 e. The molecule has 0 heterocycles. The fourth-order valence-electron chi connectivity index (χ4n) is 1.51. The number of carboxylic acid groups (broad SMARTS) is 1. The van der Waals surface area contributed by atoms with Crippen molar-refractivity contribution in [3.8, 4) is 0 Å². The van der Waals surface area contributed by atoms with E-state index in [1.165, 1.54) is 0 Å². The first-order valence-corrected chi connectivity index (χ1v) is 9.08. The van der Waals surface area contributed by atoms with Crippen LogP contribution in [0.4, 0.5) is 0 Å². The third-order valence-corrected chi connectivity index (χ3v) is 7.22. The highest BCUT2D eigenvalue weighted by Gasteiger charge is 2.25. The molecule has 0 bridgehead atoms. The van der Waals surface area contributed by atoms with Crippen LogP contribution in [0, 0.1) is 0 Å². The SMILES string of the molecule is CC[N+](CC)(CC)SSc1c(Cl)cccc1Cl.O=C[O-]. The molecule has 0 unspecified atom stereocenters. The number of hydrogen-bond acceptors (Lipinski definition) is 4. The number of rotatable bonds is 6. The lowest BCUT2D eigenvalue weighted by atomic mass is 10.4. The summed E-state index contributed by atoms with van der Waals surface area (Å²) in [6.45, 7) is 9.46. The van der Waals surface area contributed by atoms with Crippen molar-refractivity contribution in [1.82, 2.24) is 0 Å². The van der Waals surface area contributed by atoms with Gasteiger partial charge in [0.05, 0.1) is 34.6 Å². The van der Waals surface area contributed by atoms with Crippen molar-refractivity contribution in [3.63, 3.8) is 0 Å². The second-order valence-corrected chi connectivity index (χ2v) is 7.07. The number of nitrogens with zero attached hydrogens (tertiary/aromatic N) is 1. The summed E-state index contributed by atoms with van der Waals surface area (Å²) in [5.41, 5.74) is 0. The largest absolute Gasteiger partial charge is 0.554 e. The van der Waals surface area contributed by atoms with E-state index < -0.39 is 6.47 Å². The van der Waals surface area contributed by atoms with Crippen molar-refractivity contribution < 1.29 is 13.8 Å². The van der Waals surface area contributed by atoms with Gasteiger partial charge in [0.15, 0.2) is 11.0 Å². The second-order valence-electron chi connectivity index (χ2n) is 3.81. The molecule has 0 aromatic heterocycles. The molecule has 7 heteroatoms. The lowest BCUT2D eigenvalue weighted by Gasteiger charge is -2.31. The molecule has 0 aliphatic carbocycles. The highest BCUT2D eigenvalue weighted by molar-refractivity contribution is 8.74. The molecule has 0 aliphatic heterocycles. The van der Waals surface area contributed by atoms with Gasteiger partial charge in [-0.05, 0) is 32.9 Å². The number of benzene rings is 1. The van der Waals surface area contributed by atoms with Crippen LogP contribution >= 0.6 is 45.0 Å². The molecule has 0 saturated heterocycles. The van der Waals surface area contributed by atoms with Crippen LogP contribution < -0.4 is 5.11 Å². The van der Waals surface area contributed by atoms with E-state index in [2.05, 4.69) is 20.8 Å². The van der Waals surface area contributed by atoms with E-state index in [0.717, 1.165) is 38.5 Å². The van der Waals surface area contributed by atoms with Gasteiger partial charge >= 0.3 is 0 Å². The van der Waals surface area contributed by atoms with Gasteiger partial charge in [-0.3, -0.25) is 3.89 Å². The first-order valence-electron chi connectivity index (χ1n) is 6.22. The number of hydrogen-bond donors (Lipinski definition) is 0. The van der Waals surface area contributed by atoms with Crippen LogP contribution in [-0.2, 0) is 4.79 Å². The van der Waals surface area contributed by atoms with Gasteiger partial charge < -0.3 is 9.90 Å². The van der Waals surface area contributed by atoms with Crippen LogP contribution in [0.2, 0.25) is 10.0 Å². The number of carbonyl (C=O) groups excluding carboxylic acids is 1. The summed E-state index contributed by atoms with van der Waals surface area (Å²) >= 11 is 12.3. The molecule has 1 rings (SSSR count). The van der Waals surface area contributed by atoms with Crippen LogP contribution in [0.3, 0.4) is 0 Å². The molecule has 0 radical (unpaired) electrons. The highest BCUT2D eigenvalue weighted by atomic mass is 35.5. The lowest BCUT2D eigenvalue weighted by Crippen LogP contribution is -2.39. The molecule has 114 valence electrons. The zero-order chi connectivity index (χ0) is 15.6. The minimum atomic E-state index is -0.500. The van der Waals surface area contributed by atoms with Crippen LogP contribution in [0.1, 0.15) is 20.8 Å². The molecule has 0 N–H and O–H groups in total. The smallest absolute Gasteiger partial charge is 0.152 e. The van der Waals surface area contributed by atoms with Gasteiger partial charge in [0, 0.05) is 17.3 Å². The average Bonchev–Trinajstić information content (AvgIpc) is 2.44. The number of halogens is 2. The quantitative estimate of drug-likeness (QED) is 0.336. The fourth-order valence-corrected chi connectivity index (χ4v) is 5.44. The number of carbonyl (C=O) groups is 1. The first-order chi connectivity index (χ1) is 9.50. The average molecular weight is 356 g/mol. The van der Waals surface area contributed by atoms with Gasteiger partial charge in [0.25, 0.3) is 0 Å². The van der Waals surface area contributed by atoms with E-state index in [1.807, 2.05) is 29.2 Å². The van der Waals surface area contributed by atoms with Gasteiger partial charge in [-0.25, -0.2) is 0 Å². The summed E-state index contributed by atoms with van der Waals surface area (Å²) in [7, 11) is 3.52. The van der Waals surface area contributed by atoms with Crippen molar-refractivity contribution in [2.45, 2.75) is 25.7 Å². The normalized spacial score (nSPS) is 10.7. The van der Waals surface area contributed by atoms with Crippen molar-refractivity contribution in [3.05, 3.63) is 28.2 Å². The Labute approximate surface area is 138 Å². The molecule has 1 aromatic carbocycles. The maximum Gasteiger partial charge on any atom is 0.152 e. The van der Waals surface area contributed by atoms with E-state index in [0.29, 0.717) is 0 Å². The fraction of sp³-hybridized carbons (Fsp3) is 0.462. The van der Waals surface area contributed by atoms with Crippen LogP contribution in [-0.4, -0.2) is 30.0 Å². The Morgan fingerprint density at radius 1 is 1.15 bits per heavy atom. The predicted octanol–water partition coefficient (Wildman–Crippen LogP) is 3.89. The van der Waals surface area contributed by atoms with Crippen molar-refractivity contribution in [1.29, 1.82) is 0 Å². The molecule has 0 fully saturated rings. The second kappa shape index (κ2) is 10.6. The van der Waals surface area contributed by atoms with Gasteiger partial charge in [-0.1, -0.05) is 29.3 Å². The lowest BCUT2D eigenvalue weighted by molar-refractivity contribution is -0.787. The maximum absolute atomic E-state index is 8.25. The Balaban J connectivity index is 0.00000110. The van der Waals surface area contributed by atoms with Gasteiger partial charge in [-0.15, -0.1) is 0 Å². The van der Waals surface area contributed by atoms with Crippen molar-refractivity contribution >= 4 is 51.4 Å². The molecule has 0 atom stereocenters.